The first-order valence-electron chi connectivity index (χ1n) is 8.63. The number of nitrogens with zero attached hydrogens (tertiary/aromatic N) is 3. The standard InChI is InChI=1S/C20H17F2N3O/c21-14-5-6-15(16(22)11-14)19-12-23-17-7-4-13(10-18(17)24-19)20(26)25-8-2-1-3-9-25/h4-7,10-12H,1-3,8-9H2. The molecule has 132 valence electrons. The number of piperidine rings is 1. The summed E-state index contributed by atoms with van der Waals surface area (Å²) in [6, 6.07) is 8.50. The van der Waals surface area contributed by atoms with Crippen LogP contribution in [-0.4, -0.2) is 33.9 Å². The van der Waals surface area contributed by atoms with Crippen LogP contribution in [0.25, 0.3) is 22.3 Å². The zero-order valence-corrected chi connectivity index (χ0v) is 14.1. The fourth-order valence-corrected chi connectivity index (χ4v) is 3.25. The maximum Gasteiger partial charge on any atom is 0.253 e. The molecule has 0 unspecified atom stereocenters. The number of rotatable bonds is 2. The Morgan fingerprint density at radius 1 is 0.962 bits per heavy atom. The first-order chi connectivity index (χ1) is 12.6. The van der Waals surface area contributed by atoms with Crippen molar-refractivity contribution in [1.82, 2.24) is 14.9 Å². The van der Waals surface area contributed by atoms with Crippen molar-refractivity contribution in [2.45, 2.75) is 19.3 Å². The summed E-state index contributed by atoms with van der Waals surface area (Å²) in [4.78, 5) is 23.2. The quantitative estimate of drug-likeness (QED) is 0.694. The summed E-state index contributed by atoms with van der Waals surface area (Å²) < 4.78 is 27.1. The third-order valence-corrected chi connectivity index (χ3v) is 4.64. The summed E-state index contributed by atoms with van der Waals surface area (Å²) in [7, 11) is 0. The molecule has 6 heteroatoms. The molecule has 4 nitrogen and oxygen atoms in total. The van der Waals surface area contributed by atoms with Gasteiger partial charge in [0.25, 0.3) is 5.91 Å². The molecule has 1 saturated heterocycles. The minimum Gasteiger partial charge on any atom is -0.339 e. The smallest absolute Gasteiger partial charge is 0.253 e. The Hall–Kier alpha value is -2.89. The van der Waals surface area contributed by atoms with Crippen LogP contribution in [0.15, 0.2) is 42.6 Å². The second kappa shape index (κ2) is 6.78. The van der Waals surface area contributed by atoms with E-state index in [2.05, 4.69) is 9.97 Å². The molecular weight excluding hydrogens is 336 g/mol. The Labute approximate surface area is 149 Å². The van der Waals surface area contributed by atoms with Gasteiger partial charge in [-0.05, 0) is 49.6 Å². The van der Waals surface area contributed by atoms with Gasteiger partial charge in [0.1, 0.15) is 11.6 Å². The van der Waals surface area contributed by atoms with E-state index in [-0.39, 0.29) is 11.5 Å². The first kappa shape index (κ1) is 16.6. The van der Waals surface area contributed by atoms with Gasteiger partial charge in [-0.25, -0.2) is 13.8 Å². The number of carbonyl (C=O) groups is 1. The molecule has 1 aromatic heterocycles. The van der Waals surface area contributed by atoms with Gasteiger partial charge in [0, 0.05) is 30.3 Å². The molecule has 0 aliphatic carbocycles. The average Bonchev–Trinajstić information content (AvgIpc) is 2.67. The molecule has 2 aromatic carbocycles. The molecule has 0 spiro atoms. The van der Waals surface area contributed by atoms with Gasteiger partial charge >= 0.3 is 0 Å². The van der Waals surface area contributed by atoms with Crippen LogP contribution in [0.5, 0.6) is 0 Å². The van der Waals surface area contributed by atoms with Crippen molar-refractivity contribution < 1.29 is 13.6 Å². The van der Waals surface area contributed by atoms with Crippen molar-refractivity contribution in [1.29, 1.82) is 0 Å². The molecule has 3 aromatic rings. The maximum atomic E-state index is 14.0. The Kier molecular flexibility index (Phi) is 4.32. The molecule has 0 atom stereocenters. The van der Waals surface area contributed by atoms with Crippen LogP contribution in [0, 0.1) is 11.6 Å². The van der Waals surface area contributed by atoms with Crippen molar-refractivity contribution in [3.05, 3.63) is 59.8 Å². The summed E-state index contributed by atoms with van der Waals surface area (Å²) in [5.41, 5.74) is 2.15. The number of fused-ring (bicyclic) bond motifs is 1. The Bertz CT molecular complexity index is 984. The topological polar surface area (TPSA) is 46.1 Å². The molecule has 0 saturated carbocycles. The van der Waals surface area contributed by atoms with E-state index >= 15 is 0 Å². The molecule has 26 heavy (non-hydrogen) atoms. The lowest BCUT2D eigenvalue weighted by molar-refractivity contribution is 0.0724. The summed E-state index contributed by atoms with van der Waals surface area (Å²) in [6.07, 6.45) is 4.64. The lowest BCUT2D eigenvalue weighted by atomic mass is 10.1. The highest BCUT2D eigenvalue weighted by Crippen LogP contribution is 2.24. The SMILES string of the molecule is O=C(c1ccc2ncc(-c3ccc(F)cc3F)nc2c1)N1CCCCC1. The van der Waals surface area contributed by atoms with Crippen LogP contribution in [0.1, 0.15) is 29.6 Å². The van der Waals surface area contributed by atoms with Crippen LogP contribution in [0.3, 0.4) is 0 Å². The zero-order chi connectivity index (χ0) is 18.1. The van der Waals surface area contributed by atoms with Crippen molar-refractivity contribution in [2.75, 3.05) is 13.1 Å². The Morgan fingerprint density at radius 3 is 2.54 bits per heavy atom. The Balaban J connectivity index is 1.71. The van der Waals surface area contributed by atoms with E-state index in [4.69, 9.17) is 0 Å². The number of halogens is 2. The summed E-state index contributed by atoms with van der Waals surface area (Å²) in [5.74, 6) is -1.36. The summed E-state index contributed by atoms with van der Waals surface area (Å²) in [6.45, 7) is 1.53. The van der Waals surface area contributed by atoms with E-state index in [1.807, 2.05) is 4.90 Å². The molecule has 0 radical (unpaired) electrons. The predicted molar refractivity (Wildman–Crippen MR) is 94.6 cm³/mol. The second-order valence-corrected chi connectivity index (χ2v) is 6.44. The lowest BCUT2D eigenvalue weighted by Gasteiger charge is -2.26. The molecule has 1 amide bonds. The normalized spacial score (nSPS) is 14.6. The fourth-order valence-electron chi connectivity index (χ4n) is 3.25. The van der Waals surface area contributed by atoms with E-state index in [0.717, 1.165) is 38.4 Å². The van der Waals surface area contributed by atoms with Crippen LogP contribution in [0.4, 0.5) is 8.78 Å². The summed E-state index contributed by atoms with van der Waals surface area (Å²) >= 11 is 0. The van der Waals surface area contributed by atoms with Gasteiger partial charge in [-0.3, -0.25) is 9.78 Å². The number of carbonyl (C=O) groups excluding carboxylic acids is 1. The third kappa shape index (κ3) is 3.14. The number of hydrogen-bond donors (Lipinski definition) is 0. The van der Waals surface area contributed by atoms with Gasteiger partial charge < -0.3 is 4.90 Å². The minimum atomic E-state index is -0.695. The minimum absolute atomic E-state index is 0.0215. The number of likely N-dealkylation sites (tertiary alicyclic amines) is 1. The van der Waals surface area contributed by atoms with E-state index in [0.29, 0.717) is 22.3 Å². The van der Waals surface area contributed by atoms with Crippen LogP contribution in [-0.2, 0) is 0 Å². The van der Waals surface area contributed by atoms with Crippen LogP contribution < -0.4 is 0 Å². The number of amides is 1. The molecule has 1 aliphatic heterocycles. The first-order valence-corrected chi connectivity index (χ1v) is 8.63. The molecule has 4 rings (SSSR count). The van der Waals surface area contributed by atoms with Gasteiger partial charge in [-0.2, -0.15) is 0 Å². The number of hydrogen-bond acceptors (Lipinski definition) is 3. The van der Waals surface area contributed by atoms with Gasteiger partial charge in [0.05, 0.1) is 22.9 Å². The van der Waals surface area contributed by atoms with Gasteiger partial charge in [0.2, 0.25) is 0 Å². The molecule has 1 aliphatic rings. The van der Waals surface area contributed by atoms with Crippen LogP contribution in [0.2, 0.25) is 0 Å². The summed E-state index contributed by atoms with van der Waals surface area (Å²) in [5, 5.41) is 0. The maximum absolute atomic E-state index is 14.0. The Morgan fingerprint density at radius 2 is 1.77 bits per heavy atom. The highest BCUT2D eigenvalue weighted by Gasteiger charge is 2.19. The molecule has 0 bridgehead atoms. The van der Waals surface area contributed by atoms with Crippen LogP contribution >= 0.6 is 0 Å². The lowest BCUT2D eigenvalue weighted by Crippen LogP contribution is -2.35. The second-order valence-electron chi connectivity index (χ2n) is 6.44. The molecule has 0 N–H and O–H groups in total. The van der Waals surface area contributed by atoms with Crippen molar-refractivity contribution >= 4 is 16.9 Å². The monoisotopic (exact) mass is 353 g/mol. The zero-order valence-electron chi connectivity index (χ0n) is 14.1. The molecule has 2 heterocycles. The molecule has 1 fully saturated rings. The highest BCUT2D eigenvalue weighted by atomic mass is 19.1. The average molecular weight is 353 g/mol. The molecular formula is C20H17F2N3O. The van der Waals surface area contributed by atoms with E-state index < -0.39 is 11.6 Å². The number of aromatic nitrogens is 2. The van der Waals surface area contributed by atoms with Gasteiger partial charge in [0.15, 0.2) is 0 Å². The van der Waals surface area contributed by atoms with E-state index in [1.165, 1.54) is 18.3 Å². The fraction of sp³-hybridized carbons (Fsp3) is 0.250. The third-order valence-electron chi connectivity index (χ3n) is 4.64. The van der Waals surface area contributed by atoms with Crippen molar-refractivity contribution in [2.24, 2.45) is 0 Å². The van der Waals surface area contributed by atoms with E-state index in [1.54, 1.807) is 18.2 Å². The predicted octanol–water partition coefficient (Wildman–Crippen LogP) is 4.20. The van der Waals surface area contributed by atoms with Crippen molar-refractivity contribution in [3.63, 3.8) is 0 Å². The highest BCUT2D eigenvalue weighted by molar-refractivity contribution is 5.97. The van der Waals surface area contributed by atoms with Gasteiger partial charge in [-0.1, -0.05) is 0 Å². The van der Waals surface area contributed by atoms with Gasteiger partial charge in [-0.15, -0.1) is 0 Å². The van der Waals surface area contributed by atoms with E-state index in [9.17, 15) is 13.6 Å². The van der Waals surface area contributed by atoms with Crippen molar-refractivity contribution in [3.8, 4) is 11.3 Å². The largest absolute Gasteiger partial charge is 0.339 e. The number of benzene rings is 2.